The van der Waals surface area contributed by atoms with E-state index in [0.717, 1.165) is 29.6 Å². The predicted molar refractivity (Wildman–Crippen MR) is 80.8 cm³/mol. The summed E-state index contributed by atoms with van der Waals surface area (Å²) in [6.07, 6.45) is 4.27. The van der Waals surface area contributed by atoms with E-state index in [-0.39, 0.29) is 11.9 Å². The number of fused-ring (bicyclic) bond motifs is 1. The molecule has 3 N–H and O–H groups in total. The van der Waals surface area contributed by atoms with Crippen LogP contribution in [0.3, 0.4) is 0 Å². The molecular weight excluding hydrogens is 250 g/mol. The van der Waals surface area contributed by atoms with Crippen molar-refractivity contribution >= 4 is 16.8 Å². The van der Waals surface area contributed by atoms with Crippen LogP contribution in [-0.4, -0.2) is 30.0 Å². The minimum atomic E-state index is 0.0135. The molecule has 20 heavy (non-hydrogen) atoms. The van der Waals surface area contributed by atoms with E-state index in [9.17, 15) is 4.79 Å². The van der Waals surface area contributed by atoms with Crippen molar-refractivity contribution in [1.29, 1.82) is 0 Å². The zero-order valence-corrected chi connectivity index (χ0v) is 11.8. The molecule has 1 aliphatic rings. The summed E-state index contributed by atoms with van der Waals surface area (Å²) in [4.78, 5) is 15.5. The van der Waals surface area contributed by atoms with Gasteiger partial charge in [0, 0.05) is 23.3 Å². The molecule has 2 heterocycles. The lowest BCUT2D eigenvalue weighted by molar-refractivity contribution is 0.0922. The standard InChI is InChI=1S/C16H21N3O/c1-11(14-3-2-7-17-10-14)19-16(20)13-5-4-12-6-8-18-15(12)9-13/h4-6,8-9,11,14,17-18H,2-3,7,10H2,1H3,(H,19,20). The highest BCUT2D eigenvalue weighted by molar-refractivity contribution is 5.98. The molecule has 0 radical (unpaired) electrons. The molecule has 106 valence electrons. The third kappa shape index (κ3) is 2.70. The molecule has 2 aromatic rings. The second kappa shape index (κ2) is 5.67. The molecule has 3 rings (SSSR count). The van der Waals surface area contributed by atoms with Gasteiger partial charge in [-0.15, -0.1) is 0 Å². The highest BCUT2D eigenvalue weighted by Gasteiger charge is 2.21. The summed E-state index contributed by atoms with van der Waals surface area (Å²) in [6.45, 7) is 4.19. The Morgan fingerprint density at radius 2 is 2.30 bits per heavy atom. The molecule has 2 atom stereocenters. The number of carbonyl (C=O) groups is 1. The van der Waals surface area contributed by atoms with Crippen LogP contribution in [0.2, 0.25) is 0 Å². The van der Waals surface area contributed by atoms with Gasteiger partial charge in [0.25, 0.3) is 5.91 Å². The number of nitrogens with one attached hydrogen (secondary N) is 3. The minimum absolute atomic E-state index is 0.0135. The van der Waals surface area contributed by atoms with Crippen LogP contribution in [0.1, 0.15) is 30.1 Å². The fourth-order valence-corrected chi connectivity index (χ4v) is 2.90. The fraction of sp³-hybridized carbons (Fsp3) is 0.438. The lowest BCUT2D eigenvalue weighted by Gasteiger charge is -2.28. The van der Waals surface area contributed by atoms with Crippen molar-refractivity contribution < 1.29 is 4.79 Å². The number of rotatable bonds is 3. The zero-order chi connectivity index (χ0) is 13.9. The third-order valence-electron chi connectivity index (χ3n) is 4.22. The molecule has 1 aromatic heterocycles. The second-order valence-electron chi connectivity index (χ2n) is 5.65. The molecule has 1 saturated heterocycles. The Balaban J connectivity index is 1.68. The first kappa shape index (κ1) is 13.2. The van der Waals surface area contributed by atoms with Crippen LogP contribution in [0.5, 0.6) is 0 Å². The maximum atomic E-state index is 12.3. The number of aromatic amines is 1. The van der Waals surface area contributed by atoms with Crippen LogP contribution in [0, 0.1) is 5.92 Å². The van der Waals surface area contributed by atoms with Gasteiger partial charge in [0.05, 0.1) is 0 Å². The number of hydrogen-bond acceptors (Lipinski definition) is 2. The van der Waals surface area contributed by atoms with Gasteiger partial charge in [0.15, 0.2) is 0 Å². The molecule has 0 spiro atoms. The van der Waals surface area contributed by atoms with Gasteiger partial charge in [-0.1, -0.05) is 6.07 Å². The van der Waals surface area contributed by atoms with E-state index in [4.69, 9.17) is 0 Å². The van der Waals surface area contributed by atoms with E-state index in [2.05, 4.69) is 22.5 Å². The Labute approximate surface area is 118 Å². The molecular formula is C16H21N3O. The summed E-state index contributed by atoms with van der Waals surface area (Å²) >= 11 is 0. The van der Waals surface area contributed by atoms with Crippen molar-refractivity contribution in [2.45, 2.75) is 25.8 Å². The number of aromatic nitrogens is 1. The van der Waals surface area contributed by atoms with Crippen LogP contribution in [0.15, 0.2) is 30.5 Å². The molecule has 0 bridgehead atoms. The van der Waals surface area contributed by atoms with Crippen LogP contribution < -0.4 is 10.6 Å². The molecule has 1 aromatic carbocycles. The van der Waals surface area contributed by atoms with Gasteiger partial charge < -0.3 is 15.6 Å². The van der Waals surface area contributed by atoms with Crippen molar-refractivity contribution in [1.82, 2.24) is 15.6 Å². The van der Waals surface area contributed by atoms with E-state index < -0.39 is 0 Å². The summed E-state index contributed by atoms with van der Waals surface area (Å²) in [5.74, 6) is 0.543. The van der Waals surface area contributed by atoms with E-state index in [1.54, 1.807) is 0 Å². The van der Waals surface area contributed by atoms with Crippen molar-refractivity contribution in [3.8, 4) is 0 Å². The average molecular weight is 271 g/mol. The number of amides is 1. The number of piperidine rings is 1. The van der Waals surface area contributed by atoms with Gasteiger partial charge in [-0.25, -0.2) is 0 Å². The molecule has 2 unspecified atom stereocenters. The largest absolute Gasteiger partial charge is 0.361 e. The van der Waals surface area contributed by atoms with Gasteiger partial charge in [-0.05, 0) is 62.4 Å². The monoisotopic (exact) mass is 271 g/mol. The SMILES string of the molecule is CC(NC(=O)c1ccc2cc[nH]c2c1)C1CCCNC1. The molecule has 1 fully saturated rings. The Morgan fingerprint density at radius 1 is 1.40 bits per heavy atom. The highest BCUT2D eigenvalue weighted by atomic mass is 16.1. The average Bonchev–Trinajstić information content (AvgIpc) is 2.95. The van der Waals surface area contributed by atoms with E-state index in [1.165, 1.54) is 12.8 Å². The van der Waals surface area contributed by atoms with E-state index in [1.807, 2.05) is 30.5 Å². The van der Waals surface area contributed by atoms with Crippen molar-refractivity contribution in [3.63, 3.8) is 0 Å². The first-order valence-corrected chi connectivity index (χ1v) is 7.33. The number of benzene rings is 1. The third-order valence-corrected chi connectivity index (χ3v) is 4.22. The maximum Gasteiger partial charge on any atom is 0.251 e. The molecule has 0 aliphatic carbocycles. The smallest absolute Gasteiger partial charge is 0.251 e. The highest BCUT2D eigenvalue weighted by Crippen LogP contribution is 2.17. The summed E-state index contributed by atoms with van der Waals surface area (Å²) < 4.78 is 0. The first-order chi connectivity index (χ1) is 9.74. The summed E-state index contributed by atoms with van der Waals surface area (Å²) in [5.41, 5.74) is 1.72. The minimum Gasteiger partial charge on any atom is -0.361 e. The zero-order valence-electron chi connectivity index (χ0n) is 11.8. The van der Waals surface area contributed by atoms with Crippen LogP contribution in [0.25, 0.3) is 10.9 Å². The van der Waals surface area contributed by atoms with Crippen molar-refractivity contribution in [3.05, 3.63) is 36.0 Å². The Hall–Kier alpha value is -1.81. The molecule has 4 heteroatoms. The molecule has 1 aliphatic heterocycles. The quantitative estimate of drug-likeness (QED) is 0.802. The Bertz CT molecular complexity index is 599. The predicted octanol–water partition coefficient (Wildman–Crippen LogP) is 2.29. The second-order valence-corrected chi connectivity index (χ2v) is 5.65. The number of carbonyl (C=O) groups excluding carboxylic acids is 1. The lowest BCUT2D eigenvalue weighted by Crippen LogP contribution is -2.44. The van der Waals surface area contributed by atoms with Crippen molar-refractivity contribution in [2.24, 2.45) is 5.92 Å². The Morgan fingerprint density at radius 3 is 3.10 bits per heavy atom. The summed E-state index contributed by atoms with van der Waals surface area (Å²) in [5, 5.41) is 7.65. The normalized spacial score (nSPS) is 20.8. The van der Waals surface area contributed by atoms with Gasteiger partial charge >= 0.3 is 0 Å². The van der Waals surface area contributed by atoms with Crippen LogP contribution >= 0.6 is 0 Å². The van der Waals surface area contributed by atoms with Crippen LogP contribution in [0.4, 0.5) is 0 Å². The van der Waals surface area contributed by atoms with Gasteiger partial charge in [-0.2, -0.15) is 0 Å². The van der Waals surface area contributed by atoms with Gasteiger partial charge in [0.2, 0.25) is 0 Å². The maximum absolute atomic E-state index is 12.3. The number of H-pyrrole nitrogens is 1. The van der Waals surface area contributed by atoms with E-state index in [0.29, 0.717) is 5.92 Å². The van der Waals surface area contributed by atoms with E-state index >= 15 is 0 Å². The Kier molecular flexibility index (Phi) is 3.74. The van der Waals surface area contributed by atoms with Gasteiger partial charge in [0.1, 0.15) is 0 Å². The molecule has 4 nitrogen and oxygen atoms in total. The molecule has 0 saturated carbocycles. The molecule has 1 amide bonds. The van der Waals surface area contributed by atoms with Crippen LogP contribution in [-0.2, 0) is 0 Å². The lowest BCUT2D eigenvalue weighted by atomic mass is 9.92. The van der Waals surface area contributed by atoms with Gasteiger partial charge in [-0.3, -0.25) is 4.79 Å². The van der Waals surface area contributed by atoms with Crippen molar-refractivity contribution in [2.75, 3.05) is 13.1 Å². The first-order valence-electron chi connectivity index (χ1n) is 7.33. The topological polar surface area (TPSA) is 56.9 Å². The fourth-order valence-electron chi connectivity index (χ4n) is 2.90. The summed E-state index contributed by atoms with van der Waals surface area (Å²) in [6, 6.07) is 7.99. The number of hydrogen-bond donors (Lipinski definition) is 3. The summed E-state index contributed by atoms with van der Waals surface area (Å²) in [7, 11) is 0.